The van der Waals surface area contributed by atoms with Crippen molar-refractivity contribution in [2.45, 2.75) is 52.5 Å². The van der Waals surface area contributed by atoms with Crippen LogP contribution in [0.3, 0.4) is 0 Å². The zero-order chi connectivity index (χ0) is 11.3. The number of allylic oxidation sites excluding steroid dienone is 1. The van der Waals surface area contributed by atoms with E-state index in [1.54, 1.807) is 0 Å². The van der Waals surface area contributed by atoms with Gasteiger partial charge in [-0.15, -0.1) is 0 Å². The molecule has 1 aliphatic carbocycles. The number of rotatable bonds is 4. The Bertz CT molecular complexity index is 256. The Hall–Kier alpha value is -0.990. The van der Waals surface area contributed by atoms with Crippen LogP contribution in [0.15, 0.2) is 11.3 Å². The van der Waals surface area contributed by atoms with Gasteiger partial charge in [-0.25, -0.2) is 4.79 Å². The van der Waals surface area contributed by atoms with E-state index >= 15 is 0 Å². The topological polar surface area (TPSA) is 38.3 Å². The molecule has 86 valence electrons. The zero-order valence-electron chi connectivity index (χ0n) is 9.93. The Kier molecular flexibility index (Phi) is 4.66. The number of carbonyl (C=O) groups excluding carboxylic acids is 1. The van der Waals surface area contributed by atoms with Gasteiger partial charge in [-0.3, -0.25) is 0 Å². The third-order valence-corrected chi connectivity index (χ3v) is 2.45. The van der Waals surface area contributed by atoms with Crippen LogP contribution in [0.2, 0.25) is 0 Å². The molecule has 0 spiro atoms. The number of carbonyl (C=O) groups is 1. The van der Waals surface area contributed by atoms with Crippen LogP contribution in [0.5, 0.6) is 0 Å². The molecule has 0 aromatic carbocycles. The molecule has 1 rings (SSSR count). The predicted octanol–water partition coefficient (Wildman–Crippen LogP) is 2.38. The lowest BCUT2D eigenvalue weighted by atomic mass is 9.96. The van der Waals surface area contributed by atoms with Crippen LogP contribution in [0.1, 0.15) is 46.5 Å². The standard InChI is InChI=1S/C12H21NO2/c1-4-15-12(14)10-7-5-6-8-11(10)13-9(2)3/h9,13H,4-8H2,1-3H3. The molecule has 1 N–H and O–H groups in total. The summed E-state index contributed by atoms with van der Waals surface area (Å²) in [6, 6.07) is 0.377. The van der Waals surface area contributed by atoms with E-state index in [1.807, 2.05) is 6.92 Å². The van der Waals surface area contributed by atoms with E-state index < -0.39 is 0 Å². The Morgan fingerprint density at radius 1 is 1.40 bits per heavy atom. The summed E-state index contributed by atoms with van der Waals surface area (Å²) < 4.78 is 5.06. The highest BCUT2D eigenvalue weighted by Gasteiger charge is 2.20. The molecular formula is C12H21NO2. The Morgan fingerprint density at radius 2 is 2.07 bits per heavy atom. The molecule has 0 bridgehead atoms. The molecule has 0 saturated heterocycles. The molecule has 0 radical (unpaired) electrons. The van der Waals surface area contributed by atoms with Crippen LogP contribution in [0.4, 0.5) is 0 Å². The first-order valence-electron chi connectivity index (χ1n) is 5.80. The van der Waals surface area contributed by atoms with Gasteiger partial charge in [0.05, 0.1) is 12.2 Å². The number of hydrogen-bond acceptors (Lipinski definition) is 3. The van der Waals surface area contributed by atoms with Crippen molar-refractivity contribution < 1.29 is 9.53 Å². The number of ether oxygens (including phenoxy) is 1. The quantitative estimate of drug-likeness (QED) is 0.725. The van der Waals surface area contributed by atoms with E-state index in [0.29, 0.717) is 12.6 Å². The van der Waals surface area contributed by atoms with Crippen molar-refractivity contribution >= 4 is 5.97 Å². The van der Waals surface area contributed by atoms with Gasteiger partial charge in [-0.05, 0) is 46.5 Å². The maximum absolute atomic E-state index is 11.7. The molecule has 0 amide bonds. The van der Waals surface area contributed by atoms with Crippen LogP contribution < -0.4 is 5.32 Å². The molecule has 0 aromatic heterocycles. The minimum absolute atomic E-state index is 0.139. The number of nitrogens with one attached hydrogen (secondary N) is 1. The van der Waals surface area contributed by atoms with E-state index in [-0.39, 0.29) is 5.97 Å². The third kappa shape index (κ3) is 3.57. The van der Waals surface area contributed by atoms with Gasteiger partial charge in [0.1, 0.15) is 0 Å². The molecule has 0 atom stereocenters. The van der Waals surface area contributed by atoms with E-state index in [0.717, 1.165) is 37.0 Å². The van der Waals surface area contributed by atoms with Crippen LogP contribution in [-0.2, 0) is 9.53 Å². The molecule has 0 saturated carbocycles. The highest BCUT2D eigenvalue weighted by Crippen LogP contribution is 2.24. The summed E-state index contributed by atoms with van der Waals surface area (Å²) in [6.45, 7) is 6.48. The lowest BCUT2D eigenvalue weighted by molar-refractivity contribution is -0.138. The number of hydrogen-bond donors (Lipinski definition) is 1. The van der Waals surface area contributed by atoms with Gasteiger partial charge in [0.15, 0.2) is 0 Å². The minimum Gasteiger partial charge on any atom is -0.463 e. The summed E-state index contributed by atoms with van der Waals surface area (Å²) in [7, 11) is 0. The van der Waals surface area contributed by atoms with Gasteiger partial charge in [0.25, 0.3) is 0 Å². The van der Waals surface area contributed by atoms with Gasteiger partial charge < -0.3 is 10.1 Å². The largest absolute Gasteiger partial charge is 0.463 e. The molecule has 15 heavy (non-hydrogen) atoms. The van der Waals surface area contributed by atoms with Crippen molar-refractivity contribution in [2.75, 3.05) is 6.61 Å². The van der Waals surface area contributed by atoms with Crippen molar-refractivity contribution in [3.8, 4) is 0 Å². The Labute approximate surface area is 91.9 Å². The third-order valence-electron chi connectivity index (χ3n) is 2.45. The van der Waals surface area contributed by atoms with E-state index in [1.165, 1.54) is 0 Å². The van der Waals surface area contributed by atoms with Crippen molar-refractivity contribution in [2.24, 2.45) is 0 Å². The summed E-state index contributed by atoms with van der Waals surface area (Å²) in [4.78, 5) is 11.7. The second kappa shape index (κ2) is 5.79. The molecular weight excluding hydrogens is 190 g/mol. The monoisotopic (exact) mass is 211 g/mol. The molecule has 0 heterocycles. The fourth-order valence-corrected chi connectivity index (χ4v) is 1.86. The molecule has 1 aliphatic rings. The lowest BCUT2D eigenvalue weighted by Crippen LogP contribution is -2.27. The van der Waals surface area contributed by atoms with Gasteiger partial charge in [0, 0.05) is 11.7 Å². The van der Waals surface area contributed by atoms with Crippen LogP contribution in [0.25, 0.3) is 0 Å². The van der Waals surface area contributed by atoms with E-state index in [2.05, 4.69) is 19.2 Å². The Morgan fingerprint density at radius 3 is 2.67 bits per heavy atom. The summed E-state index contributed by atoms with van der Waals surface area (Å²) >= 11 is 0. The number of esters is 1. The highest BCUT2D eigenvalue weighted by molar-refractivity contribution is 5.89. The highest BCUT2D eigenvalue weighted by atomic mass is 16.5. The smallest absolute Gasteiger partial charge is 0.335 e. The minimum atomic E-state index is -0.139. The first-order chi connectivity index (χ1) is 7.15. The summed E-state index contributed by atoms with van der Waals surface area (Å²) in [6.07, 6.45) is 4.09. The van der Waals surface area contributed by atoms with Crippen LogP contribution in [0, 0.1) is 0 Å². The van der Waals surface area contributed by atoms with Gasteiger partial charge in [0.2, 0.25) is 0 Å². The second-order valence-electron chi connectivity index (χ2n) is 4.18. The summed E-state index contributed by atoms with van der Waals surface area (Å²) in [5.74, 6) is -0.139. The maximum atomic E-state index is 11.7. The van der Waals surface area contributed by atoms with Crippen molar-refractivity contribution in [1.29, 1.82) is 0 Å². The molecule has 3 nitrogen and oxygen atoms in total. The molecule has 0 aliphatic heterocycles. The average Bonchev–Trinajstić information content (AvgIpc) is 2.18. The zero-order valence-corrected chi connectivity index (χ0v) is 9.93. The fourth-order valence-electron chi connectivity index (χ4n) is 1.86. The van der Waals surface area contributed by atoms with Gasteiger partial charge in [-0.2, -0.15) is 0 Å². The molecule has 3 heteroatoms. The van der Waals surface area contributed by atoms with E-state index in [9.17, 15) is 4.79 Å². The van der Waals surface area contributed by atoms with E-state index in [4.69, 9.17) is 4.74 Å². The average molecular weight is 211 g/mol. The van der Waals surface area contributed by atoms with Crippen molar-refractivity contribution in [3.63, 3.8) is 0 Å². The SMILES string of the molecule is CCOC(=O)C1=C(NC(C)C)CCCC1. The van der Waals surface area contributed by atoms with Crippen LogP contribution in [-0.4, -0.2) is 18.6 Å². The molecule has 0 fully saturated rings. The maximum Gasteiger partial charge on any atom is 0.335 e. The van der Waals surface area contributed by atoms with Crippen molar-refractivity contribution in [3.05, 3.63) is 11.3 Å². The predicted molar refractivity (Wildman–Crippen MR) is 60.4 cm³/mol. The van der Waals surface area contributed by atoms with Crippen LogP contribution >= 0.6 is 0 Å². The first-order valence-corrected chi connectivity index (χ1v) is 5.80. The molecule has 0 aromatic rings. The van der Waals surface area contributed by atoms with Gasteiger partial charge >= 0.3 is 5.97 Å². The van der Waals surface area contributed by atoms with Crippen molar-refractivity contribution in [1.82, 2.24) is 5.32 Å². The lowest BCUT2D eigenvalue weighted by Gasteiger charge is -2.22. The Balaban J connectivity index is 2.75. The fraction of sp³-hybridized carbons (Fsp3) is 0.750. The molecule has 0 unspecified atom stereocenters. The normalized spacial score (nSPS) is 16.8. The summed E-state index contributed by atoms with van der Waals surface area (Å²) in [5.41, 5.74) is 1.95. The van der Waals surface area contributed by atoms with Gasteiger partial charge in [-0.1, -0.05) is 0 Å². The summed E-state index contributed by atoms with van der Waals surface area (Å²) in [5, 5.41) is 3.35. The first kappa shape index (κ1) is 12.1. The second-order valence-corrected chi connectivity index (χ2v) is 4.18.